The van der Waals surface area contributed by atoms with Gasteiger partial charge in [0.05, 0.1) is 18.6 Å². The minimum atomic E-state index is 0.00255. The van der Waals surface area contributed by atoms with Crippen LogP contribution in [0.15, 0.2) is 24.3 Å². The molecule has 3 rings (SSSR count). The van der Waals surface area contributed by atoms with Crippen molar-refractivity contribution in [3.63, 3.8) is 0 Å². The van der Waals surface area contributed by atoms with E-state index in [1.54, 1.807) is 0 Å². The molecule has 2 aliphatic rings. The van der Waals surface area contributed by atoms with E-state index in [-0.39, 0.29) is 17.9 Å². The van der Waals surface area contributed by atoms with E-state index in [4.69, 9.17) is 4.74 Å². The van der Waals surface area contributed by atoms with Crippen molar-refractivity contribution in [2.45, 2.75) is 25.4 Å². The van der Waals surface area contributed by atoms with E-state index in [2.05, 4.69) is 17.4 Å². The molecule has 0 radical (unpaired) electrons. The fourth-order valence-corrected chi connectivity index (χ4v) is 2.96. The first-order valence-electron chi connectivity index (χ1n) is 6.99. The van der Waals surface area contributed by atoms with Gasteiger partial charge in [-0.25, -0.2) is 0 Å². The van der Waals surface area contributed by atoms with E-state index in [1.165, 1.54) is 0 Å². The Morgan fingerprint density at radius 2 is 2.26 bits per heavy atom. The smallest absolute Gasteiger partial charge is 0.230 e. The Bertz CT molecular complexity index is 475. The molecular formula is C15H20N2O2. The molecule has 1 aromatic rings. The highest BCUT2D eigenvalue weighted by molar-refractivity contribution is 5.86. The Morgan fingerprint density at radius 3 is 3.11 bits per heavy atom. The largest absolute Gasteiger partial charge is 0.385 e. The van der Waals surface area contributed by atoms with E-state index >= 15 is 0 Å². The number of nitrogens with one attached hydrogen (secondary N) is 1. The van der Waals surface area contributed by atoms with E-state index in [9.17, 15) is 4.79 Å². The van der Waals surface area contributed by atoms with Crippen LogP contribution in [0.5, 0.6) is 0 Å². The van der Waals surface area contributed by atoms with E-state index in [0.29, 0.717) is 13.2 Å². The molecule has 1 fully saturated rings. The minimum Gasteiger partial charge on any atom is -0.385 e. The normalized spacial score (nSPS) is 26.5. The summed E-state index contributed by atoms with van der Waals surface area (Å²) >= 11 is 0. The predicted octanol–water partition coefficient (Wildman–Crippen LogP) is 1.83. The van der Waals surface area contributed by atoms with Gasteiger partial charge in [0.25, 0.3) is 0 Å². The van der Waals surface area contributed by atoms with Gasteiger partial charge in [-0.05, 0) is 25.0 Å². The highest BCUT2D eigenvalue weighted by atomic mass is 16.5. The molecule has 2 unspecified atom stereocenters. The van der Waals surface area contributed by atoms with Crippen LogP contribution in [0.1, 0.15) is 24.8 Å². The number of para-hydroxylation sites is 1. The highest BCUT2D eigenvalue weighted by Crippen LogP contribution is 2.32. The van der Waals surface area contributed by atoms with Gasteiger partial charge in [-0.2, -0.15) is 0 Å². The summed E-state index contributed by atoms with van der Waals surface area (Å²) in [5.41, 5.74) is 2.24. The third-order valence-corrected chi connectivity index (χ3v) is 3.94. The lowest BCUT2D eigenvalue weighted by Gasteiger charge is -2.35. The second-order valence-corrected chi connectivity index (χ2v) is 5.32. The lowest BCUT2D eigenvalue weighted by Crippen LogP contribution is -2.47. The summed E-state index contributed by atoms with van der Waals surface area (Å²) in [5, 5.41) is 3.36. The monoisotopic (exact) mass is 260 g/mol. The average Bonchev–Trinajstić information content (AvgIpc) is 2.46. The third-order valence-electron chi connectivity index (χ3n) is 3.94. The van der Waals surface area contributed by atoms with Crippen LogP contribution in [-0.4, -0.2) is 43.2 Å². The zero-order valence-corrected chi connectivity index (χ0v) is 11.3. The number of rotatable bonds is 1. The van der Waals surface area contributed by atoms with Crippen LogP contribution < -0.4 is 5.32 Å². The van der Waals surface area contributed by atoms with Gasteiger partial charge < -0.3 is 15.0 Å². The first-order chi connectivity index (χ1) is 9.25. The first-order valence-corrected chi connectivity index (χ1v) is 6.99. The van der Waals surface area contributed by atoms with Crippen LogP contribution in [0.25, 0.3) is 0 Å². The third kappa shape index (κ3) is 2.45. The van der Waals surface area contributed by atoms with Crippen molar-refractivity contribution in [1.29, 1.82) is 0 Å². The van der Waals surface area contributed by atoms with Crippen LogP contribution in [0.4, 0.5) is 5.69 Å². The van der Waals surface area contributed by atoms with Crippen LogP contribution in [0.3, 0.4) is 0 Å². The number of hydrogen-bond acceptors (Lipinski definition) is 3. The zero-order valence-electron chi connectivity index (χ0n) is 11.3. The van der Waals surface area contributed by atoms with Crippen LogP contribution in [-0.2, 0) is 9.53 Å². The summed E-state index contributed by atoms with van der Waals surface area (Å²) in [6.45, 7) is 4.98. The maximum atomic E-state index is 12.7. The van der Waals surface area contributed by atoms with Crippen molar-refractivity contribution in [1.82, 2.24) is 4.90 Å². The summed E-state index contributed by atoms with van der Waals surface area (Å²) in [5.74, 6) is 0.256. The highest BCUT2D eigenvalue weighted by Gasteiger charge is 2.31. The number of hydrogen-bond donors (Lipinski definition) is 1. The summed E-state index contributed by atoms with van der Waals surface area (Å²) in [6.07, 6.45) is 1.02. The maximum absolute atomic E-state index is 12.7. The molecule has 0 aromatic heterocycles. The van der Waals surface area contributed by atoms with Gasteiger partial charge in [0.15, 0.2) is 0 Å². The molecule has 1 N–H and O–H groups in total. The second kappa shape index (κ2) is 5.21. The number of ether oxygens (including phenoxy) is 1. The number of carbonyl (C=O) groups excluding carboxylic acids is 1. The molecule has 4 nitrogen and oxygen atoms in total. The SMILES string of the molecule is CC1CN(C(=O)C2CCNc3ccccc32)CCO1. The van der Waals surface area contributed by atoms with Gasteiger partial charge in [-0.15, -0.1) is 0 Å². The molecule has 2 atom stereocenters. The van der Waals surface area contributed by atoms with Crippen molar-refractivity contribution < 1.29 is 9.53 Å². The molecule has 2 heterocycles. The Labute approximate surface area is 113 Å². The Morgan fingerprint density at radius 1 is 1.42 bits per heavy atom. The standard InChI is InChI=1S/C15H20N2O2/c1-11-10-17(8-9-19-11)15(18)13-6-7-16-14-5-3-2-4-12(13)14/h2-5,11,13,16H,6-10H2,1H3. The molecule has 0 bridgehead atoms. The summed E-state index contributed by atoms with van der Waals surface area (Å²) < 4.78 is 5.51. The summed E-state index contributed by atoms with van der Waals surface area (Å²) in [6, 6.07) is 8.13. The van der Waals surface area contributed by atoms with Crippen molar-refractivity contribution in [2.75, 3.05) is 31.6 Å². The number of anilines is 1. The van der Waals surface area contributed by atoms with Crippen molar-refractivity contribution >= 4 is 11.6 Å². The number of amides is 1. The van der Waals surface area contributed by atoms with Crippen molar-refractivity contribution in [2.24, 2.45) is 0 Å². The second-order valence-electron chi connectivity index (χ2n) is 5.32. The topological polar surface area (TPSA) is 41.6 Å². The van der Waals surface area contributed by atoms with Crippen LogP contribution >= 0.6 is 0 Å². The number of carbonyl (C=O) groups is 1. The molecule has 1 amide bonds. The maximum Gasteiger partial charge on any atom is 0.230 e. The summed E-state index contributed by atoms with van der Waals surface area (Å²) in [4.78, 5) is 14.7. The Balaban J connectivity index is 1.81. The van der Waals surface area contributed by atoms with Gasteiger partial charge in [-0.1, -0.05) is 18.2 Å². The molecule has 0 aliphatic carbocycles. The average molecular weight is 260 g/mol. The van der Waals surface area contributed by atoms with E-state index in [1.807, 2.05) is 24.0 Å². The van der Waals surface area contributed by atoms with Gasteiger partial charge in [-0.3, -0.25) is 4.79 Å². The fourth-order valence-electron chi connectivity index (χ4n) is 2.96. The van der Waals surface area contributed by atoms with E-state index < -0.39 is 0 Å². The number of morpholine rings is 1. The molecule has 0 saturated carbocycles. The summed E-state index contributed by atoms with van der Waals surface area (Å²) in [7, 11) is 0. The van der Waals surface area contributed by atoms with Gasteiger partial charge >= 0.3 is 0 Å². The molecule has 19 heavy (non-hydrogen) atoms. The van der Waals surface area contributed by atoms with Gasteiger partial charge in [0, 0.05) is 25.3 Å². The van der Waals surface area contributed by atoms with E-state index in [0.717, 1.165) is 30.8 Å². The van der Waals surface area contributed by atoms with Crippen LogP contribution in [0, 0.1) is 0 Å². The zero-order chi connectivity index (χ0) is 13.2. The number of nitrogens with zero attached hydrogens (tertiary/aromatic N) is 1. The Kier molecular flexibility index (Phi) is 3.42. The Hall–Kier alpha value is -1.55. The molecule has 1 aromatic carbocycles. The fraction of sp³-hybridized carbons (Fsp3) is 0.533. The molecule has 2 aliphatic heterocycles. The lowest BCUT2D eigenvalue weighted by atomic mass is 9.89. The minimum absolute atomic E-state index is 0.00255. The van der Waals surface area contributed by atoms with Crippen LogP contribution in [0.2, 0.25) is 0 Å². The molecular weight excluding hydrogens is 240 g/mol. The molecule has 4 heteroatoms. The van der Waals surface area contributed by atoms with Crippen molar-refractivity contribution in [3.05, 3.63) is 29.8 Å². The number of fused-ring (bicyclic) bond motifs is 1. The van der Waals surface area contributed by atoms with Gasteiger partial charge in [0.1, 0.15) is 0 Å². The molecule has 1 saturated heterocycles. The first kappa shape index (κ1) is 12.5. The lowest BCUT2D eigenvalue weighted by molar-refractivity contribution is -0.139. The predicted molar refractivity (Wildman–Crippen MR) is 74.3 cm³/mol. The van der Waals surface area contributed by atoms with Gasteiger partial charge in [0.2, 0.25) is 5.91 Å². The quantitative estimate of drug-likeness (QED) is 0.837. The van der Waals surface area contributed by atoms with Crippen molar-refractivity contribution in [3.8, 4) is 0 Å². The molecule has 0 spiro atoms. The number of benzene rings is 1. The molecule has 102 valence electrons.